The molecule has 30 heavy (non-hydrogen) atoms. The summed E-state index contributed by atoms with van der Waals surface area (Å²) in [4.78, 5) is 12.1. The van der Waals surface area contributed by atoms with Gasteiger partial charge >= 0.3 is 0 Å². The van der Waals surface area contributed by atoms with Gasteiger partial charge in [0.05, 0.1) is 18.5 Å². The van der Waals surface area contributed by atoms with Crippen LogP contribution in [-0.2, 0) is 0 Å². The molecule has 1 aliphatic carbocycles. The molecule has 5 heteroatoms. The topological polar surface area (TPSA) is 52.6 Å². The fourth-order valence-corrected chi connectivity index (χ4v) is 4.99. The molecule has 2 fully saturated rings. The molecular formula is C25H27N5. The van der Waals surface area contributed by atoms with Crippen LogP contribution in [0, 0.1) is 5.41 Å². The summed E-state index contributed by atoms with van der Waals surface area (Å²) in [7, 11) is 0. The SMILES string of the molecule is [2H]C1=C2C=C(c3ccnc(-c4ccc(N5CCNCC5)cc4)c3)N=C2C2(CCC2)CN1. The number of aromatic nitrogens is 1. The molecule has 4 heterocycles. The van der Waals surface area contributed by atoms with Crippen molar-refractivity contribution in [2.75, 3.05) is 37.6 Å². The number of hydrogen-bond donors (Lipinski definition) is 2. The van der Waals surface area contributed by atoms with Crippen molar-refractivity contribution in [3.63, 3.8) is 0 Å². The van der Waals surface area contributed by atoms with E-state index in [1.165, 1.54) is 12.1 Å². The first kappa shape index (κ1) is 16.8. The van der Waals surface area contributed by atoms with Gasteiger partial charge in [-0.2, -0.15) is 0 Å². The molecule has 0 unspecified atom stereocenters. The van der Waals surface area contributed by atoms with Crippen molar-refractivity contribution < 1.29 is 1.37 Å². The second-order valence-corrected chi connectivity index (χ2v) is 8.73. The summed E-state index contributed by atoms with van der Waals surface area (Å²) in [6.45, 7) is 5.01. The van der Waals surface area contributed by atoms with Crippen LogP contribution < -0.4 is 15.5 Å². The Morgan fingerprint density at radius 3 is 2.63 bits per heavy atom. The molecule has 3 aliphatic heterocycles. The minimum absolute atomic E-state index is 0.133. The van der Waals surface area contributed by atoms with Crippen molar-refractivity contribution in [3.05, 3.63) is 66.0 Å². The highest BCUT2D eigenvalue weighted by atomic mass is 15.2. The van der Waals surface area contributed by atoms with Gasteiger partial charge in [-0.3, -0.25) is 9.98 Å². The molecule has 6 rings (SSSR count). The number of fused-ring (bicyclic) bond motifs is 2. The smallest absolute Gasteiger partial charge is 0.0819 e. The van der Waals surface area contributed by atoms with Crippen LogP contribution >= 0.6 is 0 Å². The van der Waals surface area contributed by atoms with Gasteiger partial charge in [-0.25, -0.2) is 0 Å². The van der Waals surface area contributed by atoms with Gasteiger partial charge in [0.15, 0.2) is 0 Å². The van der Waals surface area contributed by atoms with E-state index in [4.69, 9.17) is 6.36 Å². The zero-order chi connectivity index (χ0) is 20.8. The Morgan fingerprint density at radius 2 is 1.87 bits per heavy atom. The summed E-state index contributed by atoms with van der Waals surface area (Å²) < 4.78 is 8.33. The van der Waals surface area contributed by atoms with Gasteiger partial charge in [-0.15, -0.1) is 0 Å². The van der Waals surface area contributed by atoms with E-state index < -0.39 is 0 Å². The van der Waals surface area contributed by atoms with E-state index in [2.05, 4.69) is 56.9 Å². The summed E-state index contributed by atoms with van der Waals surface area (Å²) in [5, 5.41) is 6.69. The molecule has 1 saturated carbocycles. The normalized spacial score (nSPS) is 22.7. The average Bonchev–Trinajstić information content (AvgIpc) is 3.26. The number of benzene rings is 1. The molecule has 1 saturated heterocycles. The first-order valence-electron chi connectivity index (χ1n) is 11.5. The lowest BCUT2D eigenvalue weighted by Crippen LogP contribution is -2.48. The highest BCUT2D eigenvalue weighted by Crippen LogP contribution is 2.48. The van der Waals surface area contributed by atoms with E-state index in [1.54, 1.807) is 0 Å². The highest BCUT2D eigenvalue weighted by Gasteiger charge is 2.45. The third-order valence-corrected chi connectivity index (χ3v) is 6.93. The van der Waals surface area contributed by atoms with Gasteiger partial charge in [0, 0.05) is 72.9 Å². The average molecular weight is 399 g/mol. The van der Waals surface area contributed by atoms with Crippen molar-refractivity contribution in [2.24, 2.45) is 10.4 Å². The van der Waals surface area contributed by atoms with Gasteiger partial charge in [-0.1, -0.05) is 18.6 Å². The van der Waals surface area contributed by atoms with Crippen LogP contribution in [-0.4, -0.2) is 43.4 Å². The summed E-state index contributed by atoms with van der Waals surface area (Å²) in [5.74, 6) is 0. The Morgan fingerprint density at radius 1 is 1.03 bits per heavy atom. The third kappa shape index (κ3) is 2.96. The number of nitrogens with one attached hydrogen (secondary N) is 2. The summed E-state index contributed by atoms with van der Waals surface area (Å²) in [6.07, 6.45) is 8.03. The van der Waals surface area contributed by atoms with E-state index in [0.29, 0.717) is 6.18 Å². The highest BCUT2D eigenvalue weighted by molar-refractivity contribution is 6.14. The van der Waals surface area contributed by atoms with Crippen molar-refractivity contribution in [3.8, 4) is 11.3 Å². The Labute approximate surface area is 179 Å². The number of piperazine rings is 1. The monoisotopic (exact) mass is 398 g/mol. The summed E-state index contributed by atoms with van der Waals surface area (Å²) in [5.41, 5.74) is 7.57. The maximum Gasteiger partial charge on any atom is 0.0819 e. The minimum atomic E-state index is 0.133. The van der Waals surface area contributed by atoms with Gasteiger partial charge in [-0.05, 0) is 43.2 Å². The van der Waals surface area contributed by atoms with E-state index in [-0.39, 0.29) is 5.41 Å². The van der Waals surface area contributed by atoms with Crippen molar-refractivity contribution >= 4 is 17.1 Å². The molecule has 5 nitrogen and oxygen atoms in total. The minimum Gasteiger partial charge on any atom is -0.389 e. The molecule has 0 radical (unpaired) electrons. The second kappa shape index (κ2) is 7.10. The van der Waals surface area contributed by atoms with Crippen LogP contribution in [0.1, 0.15) is 26.2 Å². The maximum atomic E-state index is 8.33. The van der Waals surface area contributed by atoms with Crippen LogP contribution in [0.15, 0.2) is 65.4 Å². The molecule has 1 aromatic heterocycles. The van der Waals surface area contributed by atoms with Crippen LogP contribution in [0.25, 0.3) is 17.0 Å². The largest absolute Gasteiger partial charge is 0.389 e. The molecule has 0 atom stereocenters. The zero-order valence-corrected chi connectivity index (χ0v) is 17.1. The van der Waals surface area contributed by atoms with Gasteiger partial charge in [0.2, 0.25) is 0 Å². The Balaban J connectivity index is 1.29. The number of pyridine rings is 1. The second-order valence-electron chi connectivity index (χ2n) is 8.73. The Hall–Kier alpha value is -2.92. The lowest BCUT2D eigenvalue weighted by atomic mass is 9.63. The number of hydrogen-bond acceptors (Lipinski definition) is 5. The lowest BCUT2D eigenvalue weighted by molar-refractivity contribution is 0.228. The van der Waals surface area contributed by atoms with Crippen LogP contribution in [0.2, 0.25) is 0 Å². The molecule has 1 spiro atoms. The number of rotatable bonds is 3. The summed E-state index contributed by atoms with van der Waals surface area (Å²) in [6, 6.07) is 12.9. The lowest BCUT2D eigenvalue weighted by Gasteiger charge is -2.44. The predicted molar refractivity (Wildman–Crippen MR) is 123 cm³/mol. The van der Waals surface area contributed by atoms with Gasteiger partial charge in [0.1, 0.15) is 0 Å². The molecule has 1 aromatic carbocycles. The number of aliphatic imine (C=N–C) groups is 1. The van der Waals surface area contributed by atoms with Crippen LogP contribution in [0.3, 0.4) is 0 Å². The molecule has 0 bridgehead atoms. The molecule has 2 aromatic rings. The molecule has 2 N–H and O–H groups in total. The Kier molecular flexibility index (Phi) is 3.98. The first-order valence-corrected chi connectivity index (χ1v) is 11.0. The number of anilines is 1. The standard InChI is InChI=1S/C25H27N5/c1-7-25(8-1)17-27-16-20-15-23(29-24(20)25)19-6-9-28-22(14-19)18-2-4-21(5-3-18)30-12-10-26-11-13-30/h2-6,9,14-16,26-27H,1,7-8,10-13,17H2/i16D. The molecule has 152 valence electrons. The fourth-order valence-electron chi connectivity index (χ4n) is 4.99. The number of allylic oxidation sites excluding steroid dienone is 2. The fraction of sp³-hybridized carbons (Fsp3) is 0.360. The third-order valence-electron chi connectivity index (χ3n) is 6.93. The van der Waals surface area contributed by atoms with E-state index in [1.807, 2.05) is 12.3 Å². The molecule has 4 aliphatic rings. The van der Waals surface area contributed by atoms with Gasteiger partial charge in [0.25, 0.3) is 0 Å². The Bertz CT molecular complexity index is 1100. The quantitative estimate of drug-likeness (QED) is 0.829. The molecule has 0 amide bonds. The van der Waals surface area contributed by atoms with E-state index >= 15 is 0 Å². The molecular weight excluding hydrogens is 370 g/mol. The van der Waals surface area contributed by atoms with E-state index in [9.17, 15) is 0 Å². The summed E-state index contributed by atoms with van der Waals surface area (Å²) >= 11 is 0. The van der Waals surface area contributed by atoms with Crippen molar-refractivity contribution in [1.29, 1.82) is 0 Å². The van der Waals surface area contributed by atoms with Gasteiger partial charge < -0.3 is 15.5 Å². The zero-order valence-electron chi connectivity index (χ0n) is 18.1. The van der Waals surface area contributed by atoms with E-state index in [0.717, 1.165) is 79.4 Å². The van der Waals surface area contributed by atoms with Crippen LogP contribution in [0.5, 0.6) is 0 Å². The first-order chi connectivity index (χ1) is 15.2. The van der Waals surface area contributed by atoms with Crippen molar-refractivity contribution in [1.82, 2.24) is 15.6 Å². The number of nitrogens with zero attached hydrogens (tertiary/aromatic N) is 3. The van der Waals surface area contributed by atoms with Crippen LogP contribution in [0.4, 0.5) is 5.69 Å². The maximum absolute atomic E-state index is 8.33. The van der Waals surface area contributed by atoms with Crippen molar-refractivity contribution in [2.45, 2.75) is 19.3 Å². The predicted octanol–water partition coefficient (Wildman–Crippen LogP) is 3.61.